The third-order valence-electron chi connectivity index (χ3n) is 1.37. The maximum atomic E-state index is 10.8. The highest BCUT2D eigenvalue weighted by molar-refractivity contribution is 6.20. The van der Waals surface area contributed by atoms with Gasteiger partial charge < -0.3 is 22.3 Å². The van der Waals surface area contributed by atoms with E-state index in [2.05, 4.69) is 4.99 Å². The van der Waals surface area contributed by atoms with E-state index in [0.717, 1.165) is 0 Å². The van der Waals surface area contributed by atoms with Crippen molar-refractivity contribution >= 4 is 17.6 Å². The number of carbonyl (C=O) groups excluding carboxylic acids is 2. The number of carbonyl (C=O) groups is 2. The van der Waals surface area contributed by atoms with E-state index in [9.17, 15) is 14.7 Å². The number of rotatable bonds is 4. The van der Waals surface area contributed by atoms with E-state index in [1.807, 2.05) is 0 Å². The molecule has 0 aliphatic rings. The first-order chi connectivity index (χ1) is 6.40. The third-order valence-corrected chi connectivity index (χ3v) is 1.37. The molecule has 7 nitrogen and oxygen atoms in total. The van der Waals surface area contributed by atoms with Gasteiger partial charge in [0.15, 0.2) is 0 Å². The molecule has 14 heavy (non-hydrogen) atoms. The standard InChI is InChI=1S/C7H12N4O3/c1-11-6(9)5(7(10)14)3(12)2-4(8)13/h12H,2H2,1H3,(H2,8,13)(H2,9,11)(H2,10,14)/b5-3+. The Labute approximate surface area is 80.3 Å². The van der Waals surface area contributed by atoms with Gasteiger partial charge in [0.1, 0.15) is 17.2 Å². The van der Waals surface area contributed by atoms with Gasteiger partial charge in [-0.05, 0) is 0 Å². The van der Waals surface area contributed by atoms with Gasteiger partial charge >= 0.3 is 0 Å². The van der Waals surface area contributed by atoms with Crippen LogP contribution in [0.15, 0.2) is 16.3 Å². The summed E-state index contributed by atoms with van der Waals surface area (Å²) in [5, 5.41) is 9.27. The smallest absolute Gasteiger partial charge is 0.255 e. The number of aliphatic imine (C=N–C) groups is 1. The molecule has 78 valence electrons. The first-order valence-corrected chi connectivity index (χ1v) is 3.63. The van der Waals surface area contributed by atoms with E-state index in [4.69, 9.17) is 17.2 Å². The second-order valence-corrected chi connectivity index (χ2v) is 2.44. The second kappa shape index (κ2) is 4.85. The van der Waals surface area contributed by atoms with Crippen LogP contribution in [0.5, 0.6) is 0 Å². The van der Waals surface area contributed by atoms with Crippen molar-refractivity contribution in [3.63, 3.8) is 0 Å². The summed E-state index contributed by atoms with van der Waals surface area (Å²) in [6.45, 7) is 0. The summed E-state index contributed by atoms with van der Waals surface area (Å²) in [6, 6.07) is 0. The highest BCUT2D eigenvalue weighted by Gasteiger charge is 2.17. The van der Waals surface area contributed by atoms with E-state index < -0.39 is 24.0 Å². The highest BCUT2D eigenvalue weighted by Crippen LogP contribution is 2.05. The number of aliphatic hydroxyl groups excluding tert-OH is 1. The monoisotopic (exact) mass is 200 g/mol. The average Bonchev–Trinajstić information content (AvgIpc) is 2.01. The van der Waals surface area contributed by atoms with E-state index in [1.54, 1.807) is 0 Å². The average molecular weight is 200 g/mol. The molecule has 7 heteroatoms. The van der Waals surface area contributed by atoms with Crippen molar-refractivity contribution in [1.82, 2.24) is 0 Å². The highest BCUT2D eigenvalue weighted by atomic mass is 16.3. The zero-order chi connectivity index (χ0) is 11.3. The molecule has 0 heterocycles. The number of primary amides is 2. The molecule has 0 spiro atoms. The summed E-state index contributed by atoms with van der Waals surface area (Å²) < 4.78 is 0. The van der Waals surface area contributed by atoms with E-state index in [1.165, 1.54) is 7.05 Å². The van der Waals surface area contributed by atoms with Gasteiger partial charge in [0.2, 0.25) is 5.91 Å². The lowest BCUT2D eigenvalue weighted by molar-refractivity contribution is -0.117. The van der Waals surface area contributed by atoms with Gasteiger partial charge in [0.05, 0.1) is 6.42 Å². The number of aliphatic hydroxyl groups is 1. The number of hydrogen-bond acceptors (Lipinski definition) is 4. The van der Waals surface area contributed by atoms with Crippen LogP contribution in [-0.4, -0.2) is 29.8 Å². The molecule has 7 N–H and O–H groups in total. The number of amidine groups is 1. The lowest BCUT2D eigenvalue weighted by Crippen LogP contribution is -2.29. The molecule has 0 bridgehead atoms. The Bertz CT molecular complexity index is 319. The summed E-state index contributed by atoms with van der Waals surface area (Å²) in [4.78, 5) is 24.7. The molecule has 0 atom stereocenters. The molecule has 2 amide bonds. The zero-order valence-corrected chi connectivity index (χ0v) is 7.65. The topological polar surface area (TPSA) is 145 Å². The number of amides is 2. The van der Waals surface area contributed by atoms with Gasteiger partial charge in [-0.25, -0.2) is 0 Å². The quantitative estimate of drug-likeness (QED) is 0.182. The molecule has 0 saturated carbocycles. The first kappa shape index (κ1) is 11.9. The fourth-order valence-corrected chi connectivity index (χ4v) is 0.781. The molecule has 0 saturated heterocycles. The van der Waals surface area contributed by atoms with Gasteiger partial charge in [0.25, 0.3) is 5.91 Å². The van der Waals surface area contributed by atoms with Crippen molar-refractivity contribution in [2.45, 2.75) is 6.42 Å². The van der Waals surface area contributed by atoms with Gasteiger partial charge in [-0.1, -0.05) is 0 Å². The third kappa shape index (κ3) is 3.13. The van der Waals surface area contributed by atoms with Crippen LogP contribution in [0.25, 0.3) is 0 Å². The van der Waals surface area contributed by atoms with Crippen LogP contribution in [0.1, 0.15) is 6.42 Å². The molecular formula is C7H12N4O3. The van der Waals surface area contributed by atoms with Crippen molar-refractivity contribution in [3.8, 4) is 0 Å². The summed E-state index contributed by atoms with van der Waals surface area (Å²) >= 11 is 0. The fraction of sp³-hybridized carbons (Fsp3) is 0.286. The van der Waals surface area contributed by atoms with Crippen LogP contribution in [0.2, 0.25) is 0 Å². The van der Waals surface area contributed by atoms with E-state index in [-0.39, 0.29) is 11.4 Å². The summed E-state index contributed by atoms with van der Waals surface area (Å²) in [5.41, 5.74) is 14.6. The molecule has 0 aromatic heterocycles. The van der Waals surface area contributed by atoms with Crippen molar-refractivity contribution < 1.29 is 14.7 Å². The molecule has 0 aromatic rings. The second-order valence-electron chi connectivity index (χ2n) is 2.44. The number of nitrogens with two attached hydrogens (primary N) is 3. The molecule has 0 fully saturated rings. The maximum absolute atomic E-state index is 10.8. The molecule has 0 aliphatic heterocycles. The largest absolute Gasteiger partial charge is 0.511 e. The van der Waals surface area contributed by atoms with Crippen molar-refractivity contribution in [2.75, 3.05) is 7.05 Å². The first-order valence-electron chi connectivity index (χ1n) is 3.63. The van der Waals surface area contributed by atoms with Crippen LogP contribution < -0.4 is 17.2 Å². The molecule has 0 rings (SSSR count). The Hall–Kier alpha value is -2.05. The Balaban J connectivity index is 5.16. The lowest BCUT2D eigenvalue weighted by Gasteiger charge is -2.04. The Morgan fingerprint density at radius 3 is 2.07 bits per heavy atom. The number of nitrogens with zero attached hydrogens (tertiary/aromatic N) is 1. The lowest BCUT2D eigenvalue weighted by atomic mass is 10.1. The fourth-order valence-electron chi connectivity index (χ4n) is 0.781. The SMILES string of the molecule is CN=C(N)/C(C(N)=O)=C(\O)CC(N)=O. The van der Waals surface area contributed by atoms with Crippen LogP contribution in [-0.2, 0) is 9.59 Å². The Kier molecular flexibility index (Phi) is 4.14. The van der Waals surface area contributed by atoms with Crippen molar-refractivity contribution in [3.05, 3.63) is 11.3 Å². The van der Waals surface area contributed by atoms with Gasteiger partial charge in [-0.2, -0.15) is 0 Å². The van der Waals surface area contributed by atoms with Gasteiger partial charge in [-0.3, -0.25) is 14.6 Å². The van der Waals surface area contributed by atoms with E-state index >= 15 is 0 Å². The minimum Gasteiger partial charge on any atom is -0.511 e. The Morgan fingerprint density at radius 1 is 1.29 bits per heavy atom. The molecule has 0 aliphatic carbocycles. The zero-order valence-electron chi connectivity index (χ0n) is 7.65. The predicted molar refractivity (Wildman–Crippen MR) is 50.2 cm³/mol. The van der Waals surface area contributed by atoms with Crippen LogP contribution >= 0.6 is 0 Å². The minimum absolute atomic E-state index is 0.240. The van der Waals surface area contributed by atoms with Crippen molar-refractivity contribution in [2.24, 2.45) is 22.2 Å². The summed E-state index contributed by atoms with van der Waals surface area (Å²) in [5.74, 6) is -2.58. The van der Waals surface area contributed by atoms with Crippen LogP contribution in [0.3, 0.4) is 0 Å². The maximum Gasteiger partial charge on any atom is 0.255 e. The minimum atomic E-state index is -0.966. The normalized spacial score (nSPS) is 13.4. The van der Waals surface area contributed by atoms with Crippen LogP contribution in [0, 0.1) is 0 Å². The Morgan fingerprint density at radius 2 is 1.79 bits per heavy atom. The molecular weight excluding hydrogens is 188 g/mol. The summed E-state index contributed by atoms with van der Waals surface area (Å²) in [7, 11) is 1.32. The predicted octanol–water partition coefficient (Wildman–Crippen LogP) is -1.85. The van der Waals surface area contributed by atoms with E-state index in [0.29, 0.717) is 0 Å². The van der Waals surface area contributed by atoms with Gasteiger partial charge in [-0.15, -0.1) is 0 Å². The molecule has 0 unspecified atom stereocenters. The van der Waals surface area contributed by atoms with Crippen molar-refractivity contribution in [1.29, 1.82) is 0 Å². The molecule has 0 radical (unpaired) electrons. The number of hydrogen-bond donors (Lipinski definition) is 4. The summed E-state index contributed by atoms with van der Waals surface area (Å²) in [6.07, 6.45) is -0.505. The molecule has 0 aromatic carbocycles. The van der Waals surface area contributed by atoms with Gasteiger partial charge in [0, 0.05) is 7.05 Å². The van der Waals surface area contributed by atoms with Crippen LogP contribution in [0.4, 0.5) is 0 Å².